The Hall–Kier alpha value is -3.03. The van der Waals surface area contributed by atoms with E-state index < -0.39 is 12.0 Å². The van der Waals surface area contributed by atoms with Crippen LogP contribution in [0.2, 0.25) is 0 Å². The number of aliphatic hydroxyl groups excluding tert-OH is 1. The summed E-state index contributed by atoms with van der Waals surface area (Å²) in [4.78, 5) is 44.4. The first-order valence-electron chi connectivity index (χ1n) is 19.9. The van der Waals surface area contributed by atoms with Crippen molar-refractivity contribution < 1.29 is 62.2 Å². The van der Waals surface area contributed by atoms with E-state index >= 15 is 0 Å². The van der Waals surface area contributed by atoms with Gasteiger partial charge < -0.3 is 38.4 Å². The van der Waals surface area contributed by atoms with Gasteiger partial charge in [-0.05, 0) is 101 Å². The Morgan fingerprint density at radius 3 is 1.17 bits per heavy atom. The van der Waals surface area contributed by atoms with E-state index in [9.17, 15) is 23.7 Å². The number of carbonyl (C=O) groups excluding carboxylic acids is 3. The molecule has 0 unspecified atom stereocenters. The maximum atomic E-state index is 11.5. The summed E-state index contributed by atoms with van der Waals surface area (Å²) in [7, 11) is 0. The lowest BCUT2D eigenvalue weighted by Crippen LogP contribution is -2.20. The highest BCUT2D eigenvalue weighted by atomic mass is 35.9. The van der Waals surface area contributed by atoms with Crippen LogP contribution in [0, 0.1) is 23.7 Å². The number of esters is 3. The Labute approximate surface area is 361 Å². The number of carboxylic acid groups (broad SMARTS) is 1. The molecule has 2 aromatic rings. The molecule has 0 amide bonds. The second-order valence-electron chi connectivity index (χ2n) is 14.6. The number of aliphatic hydroxyl groups is 1. The number of hydrogen-bond donors (Lipinski definition) is 2. The van der Waals surface area contributed by atoms with Crippen LogP contribution >= 0.6 is 28.6 Å². The molecule has 2 rings (SSSR count). The fourth-order valence-electron chi connectivity index (χ4n) is 4.10. The molecule has 59 heavy (non-hydrogen) atoms. The summed E-state index contributed by atoms with van der Waals surface area (Å²) in [6.45, 7) is 20.2. The van der Waals surface area contributed by atoms with Crippen LogP contribution in [0.1, 0.15) is 106 Å². The van der Waals surface area contributed by atoms with Crippen molar-refractivity contribution in [1.29, 1.82) is 0 Å². The largest absolute Gasteiger partial charge is 0.481 e. The van der Waals surface area contributed by atoms with Crippen LogP contribution < -0.4 is 0 Å². The Morgan fingerprint density at radius 1 is 0.542 bits per heavy atom. The minimum atomic E-state index is -3.49. The van der Waals surface area contributed by atoms with Crippen LogP contribution in [0.3, 0.4) is 0 Å². The van der Waals surface area contributed by atoms with Gasteiger partial charge in [0.2, 0.25) is 0 Å². The van der Waals surface area contributed by atoms with E-state index in [0.29, 0.717) is 52.1 Å². The third-order valence-electron chi connectivity index (χ3n) is 7.65. The summed E-state index contributed by atoms with van der Waals surface area (Å²) < 4.78 is 41.3. The lowest BCUT2D eigenvalue weighted by molar-refractivity contribution is -0.153. The van der Waals surface area contributed by atoms with Crippen molar-refractivity contribution >= 4 is 52.4 Å². The summed E-state index contributed by atoms with van der Waals surface area (Å²) >= 11 is 10.3. The maximum absolute atomic E-state index is 11.5. The number of benzene rings is 2. The van der Waals surface area contributed by atoms with Gasteiger partial charge in [-0.3, -0.25) is 23.7 Å². The molecule has 2 N–H and O–H groups in total. The molecular formula is C43H69Cl2O13P. The molecule has 0 fully saturated rings. The summed E-state index contributed by atoms with van der Waals surface area (Å²) in [6, 6.07) is 19.8. The molecule has 0 bridgehead atoms. The topological polar surface area (TPSA) is 181 Å². The average Bonchev–Trinajstić information content (AvgIpc) is 3.15. The number of rotatable bonds is 23. The van der Waals surface area contributed by atoms with E-state index in [1.807, 2.05) is 95.3 Å². The minimum absolute atomic E-state index is 0.0361. The second-order valence-corrected chi connectivity index (χ2v) is 18.9. The monoisotopic (exact) mass is 894 g/mol. The average molecular weight is 896 g/mol. The van der Waals surface area contributed by atoms with E-state index in [-0.39, 0.29) is 73.1 Å². The quantitative estimate of drug-likeness (QED) is 0.0466. The molecule has 338 valence electrons. The first-order chi connectivity index (χ1) is 27.6. The van der Waals surface area contributed by atoms with Crippen molar-refractivity contribution in [3.8, 4) is 0 Å². The van der Waals surface area contributed by atoms with Gasteiger partial charge in [0.15, 0.2) is 0 Å². The van der Waals surface area contributed by atoms with Gasteiger partial charge in [0, 0.05) is 19.8 Å². The summed E-state index contributed by atoms with van der Waals surface area (Å²) in [5, 5.41) is 17.2. The molecule has 16 heteroatoms. The molecular weight excluding hydrogens is 826 g/mol. The Morgan fingerprint density at radius 2 is 0.864 bits per heavy atom. The highest BCUT2D eigenvalue weighted by Gasteiger charge is 2.19. The molecule has 0 aliphatic heterocycles. The van der Waals surface area contributed by atoms with Crippen LogP contribution in [0.4, 0.5) is 0 Å². The highest BCUT2D eigenvalue weighted by Crippen LogP contribution is 2.57. The summed E-state index contributed by atoms with van der Waals surface area (Å²) in [5.74, 6) is -2.41. The van der Waals surface area contributed by atoms with Crippen LogP contribution in [0.25, 0.3) is 0 Å². The van der Waals surface area contributed by atoms with Crippen molar-refractivity contribution in [2.75, 3.05) is 26.4 Å². The molecule has 4 atom stereocenters. The van der Waals surface area contributed by atoms with Crippen molar-refractivity contribution in [3.63, 3.8) is 0 Å². The summed E-state index contributed by atoms with van der Waals surface area (Å²) in [6.07, 6.45) is -1.65. The number of halogens is 2. The van der Waals surface area contributed by atoms with Crippen LogP contribution in [0.5, 0.6) is 0 Å². The molecule has 0 aliphatic rings. The smallest absolute Gasteiger partial charge is 0.380 e. The van der Waals surface area contributed by atoms with E-state index in [1.54, 1.807) is 34.6 Å². The fourth-order valence-corrected chi connectivity index (χ4v) is 4.83. The normalized spacial score (nSPS) is 12.9. The molecule has 0 aliphatic carbocycles. The SMILES string of the molecule is CC(C)OC(=O)[C@H](C)CCO.CC(C)OC(=O)[C@H](C)CCOCc1ccccc1.CC(C)OC(=O)[C@H](C)CCOP(=O)(Cl)Cl.C[C@H](CCOCc1ccccc1)C(=O)O. The van der Waals surface area contributed by atoms with Crippen molar-refractivity contribution in [1.82, 2.24) is 0 Å². The molecule has 13 nitrogen and oxygen atoms in total. The van der Waals surface area contributed by atoms with Gasteiger partial charge in [0.25, 0.3) is 0 Å². The van der Waals surface area contributed by atoms with Crippen molar-refractivity contribution in [2.24, 2.45) is 23.7 Å². The molecule has 0 aromatic heterocycles. The van der Waals surface area contributed by atoms with Crippen molar-refractivity contribution in [3.05, 3.63) is 71.8 Å². The number of carbonyl (C=O) groups is 4. The fraction of sp³-hybridized carbons (Fsp3) is 0.628. The van der Waals surface area contributed by atoms with E-state index in [1.165, 1.54) is 0 Å². The van der Waals surface area contributed by atoms with E-state index in [0.717, 1.165) is 11.1 Å². The van der Waals surface area contributed by atoms with Gasteiger partial charge in [0.1, 0.15) is 0 Å². The molecule has 2 aromatic carbocycles. The number of ether oxygens (including phenoxy) is 5. The molecule has 0 spiro atoms. The van der Waals surface area contributed by atoms with Gasteiger partial charge >= 0.3 is 30.0 Å². The lowest BCUT2D eigenvalue weighted by atomic mass is 10.1. The molecule has 0 heterocycles. The third-order valence-corrected chi connectivity index (χ3v) is 8.72. The molecule has 0 saturated heterocycles. The first-order valence-corrected chi connectivity index (χ1v) is 23.3. The Balaban J connectivity index is 0. The van der Waals surface area contributed by atoms with Crippen LogP contribution in [-0.2, 0) is 65.2 Å². The predicted molar refractivity (Wildman–Crippen MR) is 231 cm³/mol. The second kappa shape index (κ2) is 34.7. The third kappa shape index (κ3) is 36.5. The first kappa shape index (κ1) is 58.1. The predicted octanol–water partition coefficient (Wildman–Crippen LogP) is 10.0. The molecule has 0 saturated carbocycles. The zero-order chi connectivity index (χ0) is 45.4. The number of aliphatic carboxylic acids is 1. The van der Waals surface area contributed by atoms with E-state index in [2.05, 4.69) is 4.52 Å². The van der Waals surface area contributed by atoms with Gasteiger partial charge in [-0.25, -0.2) is 0 Å². The van der Waals surface area contributed by atoms with Gasteiger partial charge in [-0.1, -0.05) is 88.4 Å². The Kier molecular flexibility index (Phi) is 34.1. The van der Waals surface area contributed by atoms with E-state index in [4.69, 9.17) is 56.4 Å². The summed E-state index contributed by atoms with van der Waals surface area (Å²) in [5.41, 5.74) is 2.26. The lowest BCUT2D eigenvalue weighted by Gasteiger charge is -2.13. The molecule has 0 radical (unpaired) electrons. The van der Waals surface area contributed by atoms with Crippen molar-refractivity contribution in [2.45, 2.75) is 126 Å². The van der Waals surface area contributed by atoms with Gasteiger partial charge in [0.05, 0.1) is 61.8 Å². The van der Waals surface area contributed by atoms with Crippen LogP contribution in [0.15, 0.2) is 60.7 Å². The minimum Gasteiger partial charge on any atom is -0.481 e. The van der Waals surface area contributed by atoms with Crippen LogP contribution in [-0.4, -0.2) is 78.8 Å². The standard InChI is InChI=1S/C15H22O3.C12H16O3.C8H15Cl2O4P.C8H16O3/c1-12(2)18-15(16)13(3)9-10-17-11-14-7-5-4-6-8-14;1-10(12(13)14)7-8-15-9-11-5-3-2-4-6-11;1-6(2)14-8(11)7(3)4-5-13-15(9,10)12;1-6(2)11-8(10)7(3)4-5-9/h4-8,12-13H,9-11H2,1-3H3;2-6,10H,7-9H2,1H3,(H,13,14);6-7H,4-5H2,1-3H3;6-7,9H,4-5H2,1-3H3/t13-;10-;2*7-/m1111/s1. The highest BCUT2D eigenvalue weighted by molar-refractivity contribution is 8.05. The Bertz CT molecular complexity index is 1440. The number of carboxylic acids is 1. The van der Waals surface area contributed by atoms with Gasteiger partial charge in [-0.2, -0.15) is 0 Å². The zero-order valence-corrected chi connectivity index (χ0v) is 38.9. The van der Waals surface area contributed by atoms with Gasteiger partial charge in [-0.15, -0.1) is 0 Å². The maximum Gasteiger partial charge on any atom is 0.380 e. The zero-order valence-electron chi connectivity index (χ0n) is 36.5. The number of hydrogen-bond acceptors (Lipinski definition) is 12.